The number of nitrogens with two attached hydrogens (primary N) is 1. The molecule has 0 saturated carbocycles. The fourth-order valence-electron chi connectivity index (χ4n) is 2.69. The molecule has 2 fully saturated rings. The van der Waals surface area contributed by atoms with Crippen molar-refractivity contribution < 1.29 is 4.74 Å². The van der Waals surface area contributed by atoms with Gasteiger partial charge in [0.15, 0.2) is 0 Å². The lowest BCUT2D eigenvalue weighted by Gasteiger charge is -2.31. The summed E-state index contributed by atoms with van der Waals surface area (Å²) in [6, 6.07) is 0.392. The average Bonchev–Trinajstić information content (AvgIpc) is 2.67. The van der Waals surface area contributed by atoms with Gasteiger partial charge in [0.25, 0.3) is 6.02 Å². The fourth-order valence-corrected chi connectivity index (χ4v) is 2.69. The highest BCUT2D eigenvalue weighted by Crippen LogP contribution is 2.40. The van der Waals surface area contributed by atoms with E-state index in [9.17, 15) is 0 Å². The number of hydrogen-bond donors (Lipinski definition) is 1. The molecule has 0 aromatic heterocycles. The molecular formula is C8H13N3O. The van der Waals surface area contributed by atoms with E-state index in [1.165, 1.54) is 19.5 Å². The minimum Gasteiger partial charge on any atom is -0.455 e. The maximum absolute atomic E-state index is 5.63. The van der Waals surface area contributed by atoms with Crippen LogP contribution in [0, 0.1) is 5.92 Å². The van der Waals surface area contributed by atoms with Crippen LogP contribution in [0.4, 0.5) is 0 Å². The Morgan fingerprint density at radius 2 is 2.58 bits per heavy atom. The number of nitrogens with zero attached hydrogens (tertiary/aromatic N) is 2. The average molecular weight is 167 g/mol. The molecule has 0 aromatic carbocycles. The molecule has 3 unspecified atom stereocenters. The van der Waals surface area contributed by atoms with Crippen LogP contribution >= 0.6 is 0 Å². The fraction of sp³-hybridized carbons (Fsp3) is 0.875. The number of hydrogen-bond acceptors (Lipinski definition) is 4. The molecule has 0 amide bonds. The molecule has 3 atom stereocenters. The van der Waals surface area contributed by atoms with Crippen molar-refractivity contribution in [1.82, 2.24) is 4.90 Å². The Morgan fingerprint density at radius 1 is 1.67 bits per heavy atom. The van der Waals surface area contributed by atoms with E-state index in [1.807, 2.05) is 0 Å². The summed E-state index contributed by atoms with van der Waals surface area (Å²) in [5.74, 6) is 0.669. The van der Waals surface area contributed by atoms with Crippen molar-refractivity contribution in [2.24, 2.45) is 16.6 Å². The summed E-state index contributed by atoms with van der Waals surface area (Å²) in [6.07, 6.45) is 1.25. The monoisotopic (exact) mass is 167 g/mol. The summed E-state index contributed by atoms with van der Waals surface area (Å²) in [4.78, 5) is 6.58. The number of ether oxygens (including phenoxy) is 1. The molecule has 0 aliphatic carbocycles. The molecule has 3 aliphatic rings. The van der Waals surface area contributed by atoms with Crippen LogP contribution in [0.25, 0.3) is 0 Å². The van der Waals surface area contributed by atoms with Gasteiger partial charge in [0.05, 0.1) is 6.54 Å². The zero-order chi connectivity index (χ0) is 8.18. The van der Waals surface area contributed by atoms with Gasteiger partial charge in [-0.25, -0.2) is 4.99 Å². The first kappa shape index (κ1) is 6.71. The molecule has 66 valence electrons. The summed E-state index contributed by atoms with van der Waals surface area (Å²) in [5, 5.41) is 0. The Bertz CT molecular complexity index is 253. The van der Waals surface area contributed by atoms with Crippen molar-refractivity contribution in [3.05, 3.63) is 0 Å². The van der Waals surface area contributed by atoms with E-state index in [-0.39, 0.29) is 5.60 Å². The van der Waals surface area contributed by atoms with E-state index in [2.05, 4.69) is 9.89 Å². The Balaban J connectivity index is 1.86. The second kappa shape index (κ2) is 1.93. The Morgan fingerprint density at radius 3 is 3.08 bits per heavy atom. The van der Waals surface area contributed by atoms with Crippen LogP contribution in [0.2, 0.25) is 0 Å². The molecule has 3 rings (SSSR count). The number of aliphatic imine (C=N–C) groups is 1. The van der Waals surface area contributed by atoms with Crippen LogP contribution < -0.4 is 5.73 Å². The van der Waals surface area contributed by atoms with Crippen molar-refractivity contribution in [2.75, 3.05) is 26.2 Å². The molecule has 2 saturated heterocycles. The highest BCUT2D eigenvalue weighted by molar-refractivity contribution is 5.74. The smallest absolute Gasteiger partial charge is 0.282 e. The molecule has 4 heteroatoms. The Hall–Kier alpha value is -0.770. The van der Waals surface area contributed by atoms with Crippen molar-refractivity contribution >= 4 is 6.02 Å². The Labute approximate surface area is 71.4 Å². The van der Waals surface area contributed by atoms with Crippen molar-refractivity contribution in [2.45, 2.75) is 12.0 Å². The lowest BCUT2D eigenvalue weighted by Crippen LogP contribution is -2.46. The summed E-state index contributed by atoms with van der Waals surface area (Å²) in [6.45, 7) is 4.22. The molecule has 0 radical (unpaired) electrons. The third kappa shape index (κ3) is 0.684. The van der Waals surface area contributed by atoms with E-state index in [4.69, 9.17) is 10.5 Å². The van der Waals surface area contributed by atoms with Crippen molar-refractivity contribution in [3.63, 3.8) is 0 Å². The first-order valence-corrected chi connectivity index (χ1v) is 4.50. The lowest BCUT2D eigenvalue weighted by molar-refractivity contribution is 0.0351. The van der Waals surface area contributed by atoms with E-state index in [0.717, 1.165) is 13.1 Å². The first-order chi connectivity index (χ1) is 5.78. The highest BCUT2D eigenvalue weighted by Gasteiger charge is 2.54. The Kier molecular flexibility index (Phi) is 1.08. The van der Waals surface area contributed by atoms with Gasteiger partial charge in [-0.15, -0.1) is 0 Å². The maximum atomic E-state index is 5.63. The summed E-state index contributed by atoms with van der Waals surface area (Å²) < 4.78 is 5.63. The van der Waals surface area contributed by atoms with E-state index in [0.29, 0.717) is 11.9 Å². The van der Waals surface area contributed by atoms with Gasteiger partial charge in [-0.05, 0) is 13.0 Å². The minimum atomic E-state index is -0.0255. The highest BCUT2D eigenvalue weighted by atomic mass is 16.5. The van der Waals surface area contributed by atoms with Gasteiger partial charge in [0.1, 0.15) is 5.60 Å². The van der Waals surface area contributed by atoms with Gasteiger partial charge >= 0.3 is 0 Å². The largest absolute Gasteiger partial charge is 0.455 e. The van der Waals surface area contributed by atoms with Gasteiger partial charge in [-0.2, -0.15) is 0 Å². The summed E-state index contributed by atoms with van der Waals surface area (Å²) >= 11 is 0. The maximum Gasteiger partial charge on any atom is 0.282 e. The molecule has 2 N–H and O–H groups in total. The normalized spacial score (nSPS) is 49.8. The molecule has 12 heavy (non-hydrogen) atoms. The number of rotatable bonds is 0. The molecule has 0 aromatic rings. The van der Waals surface area contributed by atoms with Gasteiger partial charge < -0.3 is 10.5 Å². The summed E-state index contributed by atoms with van der Waals surface area (Å²) in [7, 11) is 0. The zero-order valence-corrected chi connectivity index (χ0v) is 6.99. The van der Waals surface area contributed by atoms with Gasteiger partial charge in [-0.3, -0.25) is 4.90 Å². The van der Waals surface area contributed by atoms with E-state index < -0.39 is 0 Å². The van der Waals surface area contributed by atoms with E-state index >= 15 is 0 Å². The molecular weight excluding hydrogens is 154 g/mol. The van der Waals surface area contributed by atoms with Gasteiger partial charge in [0.2, 0.25) is 0 Å². The quantitative estimate of drug-likeness (QED) is 0.524. The molecule has 3 aliphatic heterocycles. The van der Waals surface area contributed by atoms with Crippen LogP contribution in [0.1, 0.15) is 6.42 Å². The SMILES string of the molecule is NC1=NCC2(CN3CCC2C3)O1. The third-order valence-corrected chi connectivity index (χ3v) is 3.32. The van der Waals surface area contributed by atoms with Crippen LogP contribution in [0.5, 0.6) is 0 Å². The topological polar surface area (TPSA) is 50.8 Å². The van der Waals surface area contributed by atoms with Crippen LogP contribution in [0.3, 0.4) is 0 Å². The predicted molar refractivity (Wildman–Crippen MR) is 44.9 cm³/mol. The number of fused-ring (bicyclic) bond motifs is 3. The standard InChI is InChI=1S/C8H13N3O/c9-7-10-4-8(12-7)5-11-2-1-6(8)3-11/h6H,1-5H2,(H2,9,10). The molecule has 3 heterocycles. The second-order valence-electron chi connectivity index (χ2n) is 4.04. The number of piperidine rings is 1. The van der Waals surface area contributed by atoms with Gasteiger partial charge in [0, 0.05) is 19.0 Å². The minimum absolute atomic E-state index is 0.0255. The lowest BCUT2D eigenvalue weighted by atomic mass is 9.88. The van der Waals surface area contributed by atoms with Crippen LogP contribution in [-0.2, 0) is 4.74 Å². The third-order valence-electron chi connectivity index (χ3n) is 3.32. The predicted octanol–water partition coefficient (Wildman–Crippen LogP) is -0.594. The molecule has 4 nitrogen and oxygen atoms in total. The van der Waals surface area contributed by atoms with Crippen LogP contribution in [0.15, 0.2) is 4.99 Å². The van der Waals surface area contributed by atoms with Crippen molar-refractivity contribution in [3.8, 4) is 0 Å². The number of amidine groups is 1. The first-order valence-electron chi connectivity index (χ1n) is 4.50. The molecule has 1 spiro atoms. The molecule has 2 bridgehead atoms. The van der Waals surface area contributed by atoms with Crippen molar-refractivity contribution in [1.29, 1.82) is 0 Å². The van der Waals surface area contributed by atoms with E-state index in [1.54, 1.807) is 0 Å². The second-order valence-corrected chi connectivity index (χ2v) is 4.04. The van der Waals surface area contributed by atoms with Crippen LogP contribution in [-0.4, -0.2) is 42.7 Å². The zero-order valence-electron chi connectivity index (χ0n) is 6.99. The van der Waals surface area contributed by atoms with Gasteiger partial charge in [-0.1, -0.05) is 0 Å². The summed E-state index contributed by atoms with van der Waals surface area (Å²) in [5.41, 5.74) is 5.50.